The zero-order valence-electron chi connectivity index (χ0n) is 7.87. The highest BCUT2D eigenvalue weighted by Crippen LogP contribution is 2.34. The number of ether oxygens (including phenoxy) is 1. The van der Waals surface area contributed by atoms with Gasteiger partial charge in [0, 0.05) is 0 Å². The van der Waals surface area contributed by atoms with E-state index in [1.165, 1.54) is 0 Å². The molecule has 0 atom stereocenters. The number of benzene rings is 1. The van der Waals surface area contributed by atoms with Crippen LogP contribution in [0.5, 0.6) is 5.75 Å². The van der Waals surface area contributed by atoms with Gasteiger partial charge in [-0.1, -0.05) is 18.2 Å². The minimum absolute atomic E-state index is 0.292. The molecular formula is C9H11O5P. The molecule has 0 fully saturated rings. The van der Waals surface area contributed by atoms with Crippen LogP contribution in [0.25, 0.3) is 0 Å². The minimum Gasteiger partial charge on any atom is -0.427 e. The van der Waals surface area contributed by atoms with Crippen molar-refractivity contribution >= 4 is 13.6 Å². The first kappa shape index (κ1) is 11.9. The Bertz CT molecular complexity index is 369. The quantitative estimate of drug-likeness (QED) is 0.460. The van der Waals surface area contributed by atoms with Crippen molar-refractivity contribution < 1.29 is 23.9 Å². The van der Waals surface area contributed by atoms with Gasteiger partial charge in [-0.2, -0.15) is 0 Å². The van der Waals surface area contributed by atoms with Crippen LogP contribution < -0.4 is 4.74 Å². The Balaban J connectivity index is 2.41. The Kier molecular flexibility index (Phi) is 4.03. The second-order valence-electron chi connectivity index (χ2n) is 2.93. The first-order valence-electron chi connectivity index (χ1n) is 4.28. The van der Waals surface area contributed by atoms with Crippen molar-refractivity contribution in [3.63, 3.8) is 0 Å². The molecule has 6 heteroatoms. The first-order chi connectivity index (χ1) is 6.97. The van der Waals surface area contributed by atoms with Crippen LogP contribution in [0.4, 0.5) is 0 Å². The lowest BCUT2D eigenvalue weighted by molar-refractivity contribution is -0.134. The molecule has 0 aliphatic heterocycles. The zero-order valence-corrected chi connectivity index (χ0v) is 8.76. The van der Waals surface area contributed by atoms with Gasteiger partial charge in [0.1, 0.15) is 5.75 Å². The molecule has 2 N–H and O–H groups in total. The molecule has 0 aliphatic rings. The molecule has 0 aliphatic carbocycles. The van der Waals surface area contributed by atoms with Crippen molar-refractivity contribution in [2.24, 2.45) is 0 Å². The number of esters is 1. The van der Waals surface area contributed by atoms with Crippen LogP contribution in [0.2, 0.25) is 0 Å². The van der Waals surface area contributed by atoms with E-state index in [4.69, 9.17) is 14.5 Å². The maximum absolute atomic E-state index is 11.1. The summed E-state index contributed by atoms with van der Waals surface area (Å²) in [6, 6.07) is 8.36. The lowest BCUT2D eigenvalue weighted by Gasteiger charge is -2.04. The maximum atomic E-state index is 11.1. The Labute approximate surface area is 86.9 Å². The third kappa shape index (κ3) is 5.32. The van der Waals surface area contributed by atoms with Crippen LogP contribution in [-0.4, -0.2) is 21.9 Å². The fourth-order valence-corrected chi connectivity index (χ4v) is 1.38. The largest absolute Gasteiger partial charge is 0.427 e. The summed E-state index contributed by atoms with van der Waals surface area (Å²) in [7, 11) is -4.13. The normalized spacial score (nSPS) is 11.1. The SMILES string of the molecule is O=C(CCP(=O)(O)O)Oc1ccccc1. The summed E-state index contributed by atoms with van der Waals surface area (Å²) >= 11 is 0. The second-order valence-corrected chi connectivity index (χ2v) is 4.70. The van der Waals surface area contributed by atoms with Gasteiger partial charge < -0.3 is 14.5 Å². The van der Waals surface area contributed by atoms with Crippen LogP contribution in [0.15, 0.2) is 30.3 Å². The van der Waals surface area contributed by atoms with E-state index >= 15 is 0 Å². The highest BCUT2D eigenvalue weighted by atomic mass is 31.2. The summed E-state index contributed by atoms with van der Waals surface area (Å²) in [5, 5.41) is 0. The molecule has 0 unspecified atom stereocenters. The molecule has 0 heterocycles. The molecule has 5 nitrogen and oxygen atoms in total. The third-order valence-electron chi connectivity index (χ3n) is 1.58. The highest BCUT2D eigenvalue weighted by Gasteiger charge is 2.16. The summed E-state index contributed by atoms with van der Waals surface area (Å²) in [5.41, 5.74) is 0. The van der Waals surface area contributed by atoms with Gasteiger partial charge in [-0.25, -0.2) is 0 Å². The summed E-state index contributed by atoms with van der Waals surface area (Å²) in [4.78, 5) is 28.2. The molecule has 0 aromatic heterocycles. The number of rotatable bonds is 4. The molecule has 1 rings (SSSR count). The van der Waals surface area contributed by atoms with Gasteiger partial charge in [0.25, 0.3) is 0 Å². The van der Waals surface area contributed by atoms with Crippen molar-refractivity contribution in [3.8, 4) is 5.75 Å². The van der Waals surface area contributed by atoms with Gasteiger partial charge in [0.2, 0.25) is 0 Å². The molecule has 0 saturated heterocycles. The van der Waals surface area contributed by atoms with Gasteiger partial charge in [0.05, 0.1) is 12.6 Å². The van der Waals surface area contributed by atoms with Crippen molar-refractivity contribution in [1.29, 1.82) is 0 Å². The molecule has 0 spiro atoms. The maximum Gasteiger partial charge on any atom is 0.326 e. The number of carbonyl (C=O) groups is 1. The van der Waals surface area contributed by atoms with E-state index in [1.54, 1.807) is 30.3 Å². The van der Waals surface area contributed by atoms with Crippen molar-refractivity contribution in [3.05, 3.63) is 30.3 Å². The Hall–Kier alpha value is -1.16. The molecule has 15 heavy (non-hydrogen) atoms. The lowest BCUT2D eigenvalue weighted by Crippen LogP contribution is -2.09. The Morgan fingerprint density at radius 1 is 1.27 bits per heavy atom. The zero-order chi connectivity index (χ0) is 11.3. The van der Waals surface area contributed by atoms with Crippen LogP contribution in [0.3, 0.4) is 0 Å². The fraction of sp³-hybridized carbons (Fsp3) is 0.222. The van der Waals surface area contributed by atoms with E-state index in [-0.39, 0.29) is 6.42 Å². The van der Waals surface area contributed by atoms with Crippen molar-refractivity contribution in [2.75, 3.05) is 6.16 Å². The molecular weight excluding hydrogens is 219 g/mol. The van der Waals surface area contributed by atoms with Crippen LogP contribution >= 0.6 is 7.60 Å². The number of hydrogen-bond donors (Lipinski definition) is 2. The molecule has 1 aromatic rings. The highest BCUT2D eigenvalue weighted by molar-refractivity contribution is 7.51. The van der Waals surface area contributed by atoms with E-state index < -0.39 is 19.7 Å². The summed E-state index contributed by atoms with van der Waals surface area (Å²) in [6.45, 7) is 0. The third-order valence-corrected chi connectivity index (χ3v) is 2.39. The van der Waals surface area contributed by atoms with E-state index in [1.807, 2.05) is 0 Å². The Morgan fingerprint density at radius 2 is 1.87 bits per heavy atom. The average Bonchev–Trinajstić information content (AvgIpc) is 2.15. The molecule has 0 bridgehead atoms. The number of para-hydroxylation sites is 1. The molecule has 0 saturated carbocycles. The Morgan fingerprint density at radius 3 is 2.40 bits per heavy atom. The minimum atomic E-state index is -4.13. The monoisotopic (exact) mass is 230 g/mol. The predicted molar refractivity (Wildman–Crippen MR) is 53.6 cm³/mol. The predicted octanol–water partition coefficient (Wildman–Crippen LogP) is 1.16. The van der Waals surface area contributed by atoms with Crippen molar-refractivity contribution in [1.82, 2.24) is 0 Å². The topological polar surface area (TPSA) is 83.8 Å². The summed E-state index contributed by atoms with van der Waals surface area (Å²) < 4.78 is 15.3. The van der Waals surface area contributed by atoms with Crippen LogP contribution in [-0.2, 0) is 9.36 Å². The number of hydrogen-bond acceptors (Lipinski definition) is 3. The van der Waals surface area contributed by atoms with Gasteiger partial charge in [-0.05, 0) is 12.1 Å². The van der Waals surface area contributed by atoms with Gasteiger partial charge in [-0.15, -0.1) is 0 Å². The van der Waals surface area contributed by atoms with Gasteiger partial charge in [-0.3, -0.25) is 9.36 Å². The fourth-order valence-electron chi connectivity index (χ4n) is 0.908. The van der Waals surface area contributed by atoms with Gasteiger partial charge in [0.15, 0.2) is 0 Å². The molecule has 0 radical (unpaired) electrons. The number of carbonyl (C=O) groups excluding carboxylic acids is 1. The van der Waals surface area contributed by atoms with Gasteiger partial charge >= 0.3 is 13.6 Å². The second kappa shape index (κ2) is 5.07. The van der Waals surface area contributed by atoms with E-state index in [0.29, 0.717) is 5.75 Å². The van der Waals surface area contributed by atoms with E-state index in [9.17, 15) is 9.36 Å². The van der Waals surface area contributed by atoms with E-state index in [2.05, 4.69) is 0 Å². The summed E-state index contributed by atoms with van der Waals surface area (Å²) in [5.74, 6) is -0.280. The summed E-state index contributed by atoms with van der Waals surface area (Å²) in [6.07, 6.45) is -0.780. The lowest BCUT2D eigenvalue weighted by atomic mass is 10.3. The van der Waals surface area contributed by atoms with Crippen molar-refractivity contribution in [2.45, 2.75) is 6.42 Å². The average molecular weight is 230 g/mol. The molecule has 1 aromatic carbocycles. The van der Waals surface area contributed by atoms with Crippen LogP contribution in [0.1, 0.15) is 6.42 Å². The molecule has 82 valence electrons. The van der Waals surface area contributed by atoms with Crippen LogP contribution in [0, 0.1) is 0 Å². The molecule has 0 amide bonds. The standard InChI is InChI=1S/C9H11O5P/c10-9(6-7-15(11,12)13)14-8-4-2-1-3-5-8/h1-5H,6-7H2,(H2,11,12,13). The van der Waals surface area contributed by atoms with E-state index in [0.717, 1.165) is 0 Å². The first-order valence-corrected chi connectivity index (χ1v) is 6.07. The smallest absolute Gasteiger partial charge is 0.326 e.